The lowest BCUT2D eigenvalue weighted by Gasteiger charge is -2.41. The van der Waals surface area contributed by atoms with Gasteiger partial charge in [0.25, 0.3) is 0 Å². The Bertz CT molecular complexity index is 2740. The molecular weight excluding hydrogens is 663 g/mol. The van der Waals surface area contributed by atoms with Crippen LogP contribution in [0.1, 0.15) is 0 Å². The largest absolute Gasteiger partial charge is 0.311 e. The second-order valence-corrected chi connectivity index (χ2v) is 18.5. The first kappa shape index (κ1) is 31.1. The molecule has 3 heterocycles. The minimum absolute atomic E-state index is 0.643. The van der Waals surface area contributed by atoms with Gasteiger partial charge in [0.1, 0.15) is 8.07 Å². The summed E-state index contributed by atoms with van der Waals surface area (Å²) in [5.74, 6) is 1.95. The monoisotopic (exact) mass is 697 g/mol. The van der Waals surface area contributed by atoms with E-state index in [0.29, 0.717) is 17.5 Å². The zero-order valence-corrected chi connectivity index (χ0v) is 30.5. The normalized spacial score (nSPS) is 13.2. The summed E-state index contributed by atoms with van der Waals surface area (Å²) in [6.45, 7) is 4.98. The Hall–Kier alpha value is -6.63. The number of rotatable bonds is 5. The van der Waals surface area contributed by atoms with Crippen LogP contribution >= 0.6 is 0 Å². The first-order valence-corrected chi connectivity index (χ1v) is 21.0. The summed E-state index contributed by atoms with van der Waals surface area (Å²) in [6.07, 6.45) is 0. The van der Waals surface area contributed by atoms with Gasteiger partial charge in [0, 0.05) is 50.2 Å². The van der Waals surface area contributed by atoms with Gasteiger partial charge in [0.15, 0.2) is 17.5 Å². The van der Waals surface area contributed by atoms with Crippen molar-refractivity contribution in [3.8, 4) is 39.9 Å². The van der Waals surface area contributed by atoms with Crippen molar-refractivity contribution >= 4 is 57.3 Å². The molecule has 0 saturated carbocycles. The molecule has 0 atom stereocenters. The van der Waals surface area contributed by atoms with E-state index in [4.69, 9.17) is 15.0 Å². The average molecular weight is 698 g/mol. The van der Waals surface area contributed by atoms with E-state index >= 15 is 0 Å². The third-order valence-corrected chi connectivity index (χ3v) is 14.1. The predicted octanol–water partition coefficient (Wildman–Crippen LogP) is 10.6. The summed E-state index contributed by atoms with van der Waals surface area (Å²) < 4.78 is 2.41. The van der Waals surface area contributed by atoms with Crippen LogP contribution in [0.4, 0.5) is 17.1 Å². The van der Waals surface area contributed by atoms with Crippen molar-refractivity contribution in [2.45, 2.75) is 13.1 Å². The van der Waals surface area contributed by atoms with Gasteiger partial charge in [-0.1, -0.05) is 134 Å². The zero-order chi connectivity index (χ0) is 35.5. The number of anilines is 3. The minimum Gasteiger partial charge on any atom is -0.311 e. The summed E-state index contributed by atoms with van der Waals surface area (Å²) in [5, 5.41) is 5.43. The number of hydrogen-bond acceptors (Lipinski definition) is 4. The quantitative estimate of drug-likeness (QED) is 0.168. The molecule has 0 aliphatic carbocycles. The Balaban J connectivity index is 1.15. The molecule has 0 radical (unpaired) electrons. The van der Waals surface area contributed by atoms with Gasteiger partial charge in [0.05, 0.1) is 11.0 Å². The smallest absolute Gasteiger partial charge is 0.164 e. The van der Waals surface area contributed by atoms with Crippen LogP contribution in [0.2, 0.25) is 13.1 Å². The second-order valence-electron chi connectivity index (χ2n) is 14.1. The molecule has 252 valence electrons. The molecule has 5 nitrogen and oxygen atoms in total. The molecule has 7 aromatic carbocycles. The van der Waals surface area contributed by atoms with Crippen LogP contribution in [0.3, 0.4) is 0 Å². The number of fused-ring (bicyclic) bond motifs is 5. The molecule has 9 aromatic rings. The molecule has 0 bridgehead atoms. The highest BCUT2D eigenvalue weighted by Crippen LogP contribution is 2.42. The second kappa shape index (κ2) is 12.3. The maximum atomic E-state index is 4.98. The van der Waals surface area contributed by atoms with Crippen LogP contribution in [-0.2, 0) is 0 Å². The van der Waals surface area contributed by atoms with Crippen LogP contribution in [0, 0.1) is 0 Å². The fourth-order valence-corrected chi connectivity index (χ4v) is 11.0. The Labute approximate surface area is 309 Å². The van der Waals surface area contributed by atoms with Crippen molar-refractivity contribution in [3.63, 3.8) is 0 Å². The topological polar surface area (TPSA) is 46.8 Å². The number of hydrogen-bond donors (Lipinski definition) is 0. The molecule has 1 aliphatic heterocycles. The summed E-state index contributed by atoms with van der Waals surface area (Å²) >= 11 is 0. The number of aromatic nitrogens is 4. The van der Waals surface area contributed by atoms with Gasteiger partial charge >= 0.3 is 0 Å². The highest BCUT2D eigenvalue weighted by molar-refractivity contribution is 7.02. The molecule has 53 heavy (non-hydrogen) atoms. The number of nitrogens with zero attached hydrogens (tertiary/aromatic N) is 5. The van der Waals surface area contributed by atoms with Crippen LogP contribution < -0.4 is 15.3 Å². The molecule has 0 fully saturated rings. The number of benzene rings is 7. The first-order chi connectivity index (χ1) is 26.0. The molecule has 0 N–H and O–H groups in total. The van der Waals surface area contributed by atoms with E-state index < -0.39 is 8.07 Å². The van der Waals surface area contributed by atoms with E-state index in [1.807, 2.05) is 60.7 Å². The molecule has 2 aromatic heterocycles. The third kappa shape index (κ3) is 5.10. The highest BCUT2D eigenvalue weighted by atomic mass is 28.3. The molecule has 0 spiro atoms. The van der Waals surface area contributed by atoms with Crippen molar-refractivity contribution < 1.29 is 0 Å². The van der Waals surface area contributed by atoms with E-state index in [-0.39, 0.29) is 0 Å². The van der Waals surface area contributed by atoms with Crippen LogP contribution in [0.5, 0.6) is 0 Å². The molecule has 1 aliphatic rings. The molecule has 0 saturated heterocycles. The van der Waals surface area contributed by atoms with Crippen LogP contribution in [0.15, 0.2) is 176 Å². The van der Waals surface area contributed by atoms with Gasteiger partial charge in [-0.2, -0.15) is 0 Å². The first-order valence-electron chi connectivity index (χ1n) is 18.0. The Kier molecular flexibility index (Phi) is 7.20. The van der Waals surface area contributed by atoms with Crippen LogP contribution in [0.25, 0.3) is 61.7 Å². The van der Waals surface area contributed by atoms with Crippen molar-refractivity contribution in [1.29, 1.82) is 0 Å². The van der Waals surface area contributed by atoms with Crippen molar-refractivity contribution in [3.05, 3.63) is 176 Å². The van der Waals surface area contributed by atoms with Gasteiger partial charge in [-0.3, -0.25) is 0 Å². The SMILES string of the molecule is C[Si]1(C)c2ccccc2N(c2ccccc2)c2cc3c(cc21)c1ccccc1n3-c1ccc(-c2nc(-c3ccccc3)nc(-c3ccccc3)n2)cc1. The lowest BCUT2D eigenvalue weighted by molar-refractivity contribution is 1.07. The van der Waals surface area contributed by atoms with Gasteiger partial charge in [0.2, 0.25) is 0 Å². The van der Waals surface area contributed by atoms with Gasteiger partial charge in [-0.05, 0) is 65.0 Å². The summed E-state index contributed by atoms with van der Waals surface area (Å²) in [4.78, 5) is 17.3. The van der Waals surface area contributed by atoms with Crippen molar-refractivity contribution in [2.24, 2.45) is 0 Å². The molecular formula is C47H35N5Si. The average Bonchev–Trinajstić information content (AvgIpc) is 3.55. The fourth-order valence-electron chi connectivity index (χ4n) is 7.99. The Morgan fingerprint density at radius 1 is 0.396 bits per heavy atom. The van der Waals surface area contributed by atoms with Crippen molar-refractivity contribution in [2.75, 3.05) is 4.90 Å². The molecule has 6 heteroatoms. The van der Waals surface area contributed by atoms with Crippen molar-refractivity contribution in [1.82, 2.24) is 19.5 Å². The van der Waals surface area contributed by atoms with Gasteiger partial charge in [-0.25, -0.2) is 15.0 Å². The summed E-state index contributed by atoms with van der Waals surface area (Å²) in [6, 6.07) is 62.4. The molecule has 10 rings (SSSR count). The van der Waals surface area contributed by atoms with E-state index in [1.54, 1.807) is 0 Å². The zero-order valence-electron chi connectivity index (χ0n) is 29.5. The van der Waals surface area contributed by atoms with Gasteiger partial charge < -0.3 is 9.47 Å². The third-order valence-electron chi connectivity index (χ3n) is 10.6. The number of para-hydroxylation sites is 3. The lowest BCUT2D eigenvalue weighted by Crippen LogP contribution is -2.58. The Morgan fingerprint density at radius 3 is 1.57 bits per heavy atom. The standard InChI is InChI=1S/C47H35N5Si/c1-53(2)43-25-15-14-24-40(43)52(35-20-10-5-11-21-35)42-31-41-38(30-44(42)53)37-22-12-13-23-39(37)51(41)36-28-26-34(27-29-36)47-49-45(32-16-6-3-7-17-32)48-46(50-47)33-18-8-4-9-19-33/h3-31H,1-2H3. The summed E-state index contributed by atoms with van der Waals surface area (Å²) in [7, 11) is -2.05. The minimum atomic E-state index is -2.05. The van der Waals surface area contributed by atoms with E-state index in [9.17, 15) is 0 Å². The summed E-state index contributed by atoms with van der Waals surface area (Å²) in [5.41, 5.74) is 9.98. The predicted molar refractivity (Wildman–Crippen MR) is 222 cm³/mol. The Morgan fingerprint density at radius 2 is 0.925 bits per heavy atom. The maximum absolute atomic E-state index is 4.98. The molecule has 0 amide bonds. The fraction of sp³-hybridized carbons (Fsp3) is 0.0426. The molecule has 0 unspecified atom stereocenters. The maximum Gasteiger partial charge on any atom is 0.164 e. The lowest BCUT2D eigenvalue weighted by atomic mass is 10.1. The van der Waals surface area contributed by atoms with Crippen LogP contribution in [-0.4, -0.2) is 27.6 Å². The highest BCUT2D eigenvalue weighted by Gasteiger charge is 2.39. The van der Waals surface area contributed by atoms with Gasteiger partial charge in [-0.15, -0.1) is 0 Å². The van der Waals surface area contributed by atoms with E-state index in [2.05, 4.69) is 138 Å². The van der Waals surface area contributed by atoms with E-state index in [0.717, 1.165) is 22.4 Å². The van der Waals surface area contributed by atoms with E-state index in [1.165, 1.54) is 49.2 Å².